The van der Waals surface area contributed by atoms with E-state index >= 15 is 0 Å². The van der Waals surface area contributed by atoms with Crippen molar-refractivity contribution in [2.24, 2.45) is 0 Å². The van der Waals surface area contributed by atoms with Gasteiger partial charge in [0.2, 0.25) is 0 Å². The van der Waals surface area contributed by atoms with E-state index < -0.39 is 6.04 Å². The van der Waals surface area contributed by atoms with E-state index in [9.17, 15) is 9.59 Å². The van der Waals surface area contributed by atoms with Crippen LogP contribution in [0.1, 0.15) is 29.0 Å². The average Bonchev–Trinajstić information content (AvgIpc) is 3.41. The molecule has 0 N–H and O–H groups in total. The molecule has 4 rings (SSSR count). The highest BCUT2D eigenvalue weighted by Crippen LogP contribution is 2.28. The summed E-state index contributed by atoms with van der Waals surface area (Å²) >= 11 is 0. The quantitative estimate of drug-likeness (QED) is 0.517. The first kappa shape index (κ1) is 20.8. The van der Waals surface area contributed by atoms with Gasteiger partial charge >= 0.3 is 6.03 Å². The molecule has 3 amide bonds. The summed E-state index contributed by atoms with van der Waals surface area (Å²) in [5.74, 6) is 0.450. The van der Waals surface area contributed by atoms with Gasteiger partial charge in [-0.3, -0.25) is 9.48 Å². The Morgan fingerprint density at radius 3 is 2.58 bits per heavy atom. The zero-order valence-electron chi connectivity index (χ0n) is 17.8. The summed E-state index contributed by atoms with van der Waals surface area (Å²) in [6.45, 7) is 4.89. The van der Waals surface area contributed by atoms with Gasteiger partial charge in [0.25, 0.3) is 5.91 Å². The predicted molar refractivity (Wildman–Crippen MR) is 112 cm³/mol. The summed E-state index contributed by atoms with van der Waals surface area (Å²) in [7, 11) is 1.58. The van der Waals surface area contributed by atoms with E-state index in [2.05, 4.69) is 10.3 Å². The smallest absolute Gasteiger partial charge is 0.332 e. The van der Waals surface area contributed by atoms with Crippen molar-refractivity contribution >= 4 is 17.6 Å². The molecule has 0 aliphatic carbocycles. The highest BCUT2D eigenvalue weighted by atomic mass is 16.5. The number of rotatable bonds is 8. The minimum Gasteiger partial charge on any atom is -0.385 e. The molecule has 162 valence electrons. The van der Waals surface area contributed by atoms with Crippen molar-refractivity contribution in [3.63, 3.8) is 0 Å². The van der Waals surface area contributed by atoms with Crippen LogP contribution in [0.25, 0.3) is 0 Å². The largest absolute Gasteiger partial charge is 0.385 e. The van der Waals surface area contributed by atoms with Gasteiger partial charge in [-0.05, 0) is 19.4 Å². The van der Waals surface area contributed by atoms with Crippen molar-refractivity contribution in [3.8, 4) is 0 Å². The van der Waals surface area contributed by atoms with E-state index in [0.717, 1.165) is 22.6 Å². The van der Waals surface area contributed by atoms with Crippen LogP contribution in [0, 0.1) is 13.8 Å². The van der Waals surface area contributed by atoms with Crippen molar-refractivity contribution in [2.75, 3.05) is 18.6 Å². The number of anilines is 1. The summed E-state index contributed by atoms with van der Waals surface area (Å²) in [6, 6.07) is 8.69. The number of carbonyl (C=O) groups is 2. The van der Waals surface area contributed by atoms with Crippen LogP contribution in [0.4, 0.5) is 10.5 Å². The fourth-order valence-electron chi connectivity index (χ4n) is 3.79. The maximum atomic E-state index is 13.3. The third-order valence-electron chi connectivity index (χ3n) is 5.49. The van der Waals surface area contributed by atoms with Crippen LogP contribution in [0.2, 0.25) is 0 Å². The Morgan fingerprint density at radius 1 is 1.13 bits per heavy atom. The molecule has 1 unspecified atom stereocenters. The molecule has 1 saturated heterocycles. The molecule has 3 aromatic rings. The zero-order chi connectivity index (χ0) is 22.0. The molecule has 9 heteroatoms. The van der Waals surface area contributed by atoms with Crippen molar-refractivity contribution in [2.45, 2.75) is 39.4 Å². The second kappa shape index (κ2) is 8.73. The molecule has 0 spiro atoms. The summed E-state index contributed by atoms with van der Waals surface area (Å²) in [6.07, 6.45) is 3.66. The van der Waals surface area contributed by atoms with Crippen molar-refractivity contribution in [1.82, 2.24) is 19.8 Å². The van der Waals surface area contributed by atoms with E-state index in [4.69, 9.17) is 9.26 Å². The van der Waals surface area contributed by atoms with E-state index in [1.807, 2.05) is 44.2 Å². The first-order chi connectivity index (χ1) is 15.0. The molecular formula is C22H25N5O4. The molecule has 1 aliphatic heterocycles. The van der Waals surface area contributed by atoms with Crippen LogP contribution in [0.3, 0.4) is 0 Å². The van der Waals surface area contributed by atoms with Gasteiger partial charge < -0.3 is 14.2 Å². The lowest BCUT2D eigenvalue weighted by Crippen LogP contribution is -2.35. The van der Waals surface area contributed by atoms with Gasteiger partial charge in [0.1, 0.15) is 11.8 Å². The lowest BCUT2D eigenvalue weighted by molar-refractivity contribution is -0.120. The molecule has 2 aromatic heterocycles. The Kier molecular flexibility index (Phi) is 5.85. The molecule has 0 bridgehead atoms. The van der Waals surface area contributed by atoms with Crippen LogP contribution >= 0.6 is 0 Å². The van der Waals surface area contributed by atoms with E-state index in [1.165, 1.54) is 11.1 Å². The molecule has 1 fully saturated rings. The lowest BCUT2D eigenvalue weighted by Gasteiger charge is -2.21. The molecule has 1 atom stereocenters. The molecule has 1 aliphatic rings. The molecule has 0 saturated carbocycles. The molecular weight excluding hydrogens is 398 g/mol. The number of benzene rings is 1. The van der Waals surface area contributed by atoms with Gasteiger partial charge in [-0.1, -0.05) is 35.5 Å². The van der Waals surface area contributed by atoms with Gasteiger partial charge in [-0.15, -0.1) is 0 Å². The Balaban J connectivity index is 1.58. The van der Waals surface area contributed by atoms with E-state index in [1.54, 1.807) is 22.9 Å². The first-order valence-corrected chi connectivity index (χ1v) is 10.1. The summed E-state index contributed by atoms with van der Waals surface area (Å²) in [5, 5.41) is 8.30. The third kappa shape index (κ3) is 4.09. The lowest BCUT2D eigenvalue weighted by atomic mass is 10.1. The molecule has 3 heterocycles. The number of aryl methyl sites for hydroxylation is 2. The number of aromatic nitrogens is 3. The Bertz CT molecular complexity index is 1060. The highest BCUT2D eigenvalue weighted by molar-refractivity contribution is 6.21. The number of amides is 3. The normalized spacial score (nSPS) is 16.5. The molecule has 1 aromatic carbocycles. The van der Waals surface area contributed by atoms with Crippen molar-refractivity contribution < 1.29 is 18.8 Å². The van der Waals surface area contributed by atoms with Gasteiger partial charge in [0.05, 0.1) is 24.1 Å². The Labute approximate surface area is 180 Å². The van der Waals surface area contributed by atoms with Crippen molar-refractivity contribution in [1.29, 1.82) is 0 Å². The van der Waals surface area contributed by atoms with Gasteiger partial charge in [0.15, 0.2) is 0 Å². The number of urea groups is 1. The number of carbonyl (C=O) groups excluding carboxylic acids is 2. The standard InChI is InChI=1S/C22H25N5O4/c1-15-19(16(2)31-24-15)14-25-13-18(11-23-25)27-21(28)20(9-10-30-3)26(22(27)29)12-17-7-5-4-6-8-17/h4-8,11,13,20H,9-10,12,14H2,1-3H3. The summed E-state index contributed by atoms with van der Waals surface area (Å²) < 4.78 is 12.0. The first-order valence-electron chi connectivity index (χ1n) is 10.1. The number of methoxy groups -OCH3 is 1. The second-order valence-corrected chi connectivity index (χ2v) is 7.57. The maximum Gasteiger partial charge on any atom is 0.332 e. The van der Waals surface area contributed by atoms with Gasteiger partial charge in [-0.25, -0.2) is 9.69 Å². The predicted octanol–water partition coefficient (Wildman–Crippen LogP) is 2.91. The number of hydrogen-bond acceptors (Lipinski definition) is 6. The van der Waals surface area contributed by atoms with E-state index in [-0.39, 0.29) is 11.9 Å². The average molecular weight is 423 g/mol. The van der Waals surface area contributed by atoms with Crippen molar-refractivity contribution in [3.05, 3.63) is 65.3 Å². The number of nitrogens with zero attached hydrogens (tertiary/aromatic N) is 5. The minimum atomic E-state index is -0.585. The van der Waals surface area contributed by atoms with Crippen LogP contribution in [-0.4, -0.2) is 51.5 Å². The minimum absolute atomic E-state index is 0.269. The van der Waals surface area contributed by atoms with Crippen LogP contribution in [0.5, 0.6) is 0 Å². The summed E-state index contributed by atoms with van der Waals surface area (Å²) in [5.41, 5.74) is 3.12. The third-order valence-corrected chi connectivity index (χ3v) is 5.49. The Morgan fingerprint density at radius 2 is 1.90 bits per heavy atom. The maximum absolute atomic E-state index is 13.3. The summed E-state index contributed by atoms with van der Waals surface area (Å²) in [4.78, 5) is 29.3. The van der Waals surface area contributed by atoms with Crippen LogP contribution < -0.4 is 4.90 Å². The highest BCUT2D eigenvalue weighted by Gasteiger charge is 2.45. The van der Waals surface area contributed by atoms with E-state index in [0.29, 0.717) is 31.8 Å². The van der Waals surface area contributed by atoms with Gasteiger partial charge in [0, 0.05) is 38.4 Å². The topological polar surface area (TPSA) is 93.7 Å². The van der Waals surface area contributed by atoms with Crippen LogP contribution in [-0.2, 0) is 22.6 Å². The SMILES string of the molecule is COCCC1C(=O)N(c2cnn(Cc3c(C)noc3C)c2)C(=O)N1Cc1ccccc1. The fourth-order valence-corrected chi connectivity index (χ4v) is 3.79. The number of imide groups is 1. The second-order valence-electron chi connectivity index (χ2n) is 7.57. The molecule has 9 nitrogen and oxygen atoms in total. The molecule has 0 radical (unpaired) electrons. The number of hydrogen-bond donors (Lipinski definition) is 0. The fraction of sp³-hybridized carbons (Fsp3) is 0.364. The van der Waals surface area contributed by atoms with Gasteiger partial charge in [-0.2, -0.15) is 5.10 Å². The molecule has 31 heavy (non-hydrogen) atoms. The monoisotopic (exact) mass is 423 g/mol. The Hall–Kier alpha value is -3.46. The van der Waals surface area contributed by atoms with Crippen LogP contribution in [0.15, 0.2) is 47.2 Å². The zero-order valence-corrected chi connectivity index (χ0v) is 17.8. The number of ether oxygens (including phenoxy) is 1.